The highest BCUT2D eigenvalue weighted by Crippen LogP contribution is 2.19. The van der Waals surface area contributed by atoms with Crippen LogP contribution >= 0.6 is 0 Å². The molecule has 0 amide bonds. The number of halogens is 1. The number of benzene rings is 1. The summed E-state index contributed by atoms with van der Waals surface area (Å²) in [5.41, 5.74) is 0.312. The molecule has 0 heterocycles. The maximum atomic E-state index is 13.4. The van der Waals surface area contributed by atoms with Crippen molar-refractivity contribution in [2.75, 3.05) is 6.61 Å². The van der Waals surface area contributed by atoms with Crippen LogP contribution in [0.1, 0.15) is 32.3 Å². The molecule has 0 saturated heterocycles. The average molecular weight is 277 g/mol. The molecule has 5 heteroatoms. The summed E-state index contributed by atoms with van der Waals surface area (Å²) in [4.78, 5) is 22.5. The lowest BCUT2D eigenvalue weighted by Crippen LogP contribution is -2.20. The van der Waals surface area contributed by atoms with Gasteiger partial charge >= 0.3 is 0 Å². The molecule has 106 valence electrons. The predicted octanol–water partition coefficient (Wildman–Crippen LogP) is 2.65. The van der Waals surface area contributed by atoms with Gasteiger partial charge in [-0.05, 0) is 38.8 Å². The normalized spacial score (nSPS) is 10.2. The van der Waals surface area contributed by atoms with Crippen LogP contribution in [0.5, 0.6) is 5.75 Å². The Morgan fingerprint density at radius 2 is 2.00 bits per heavy atom. The van der Waals surface area contributed by atoms with Crippen LogP contribution in [0.3, 0.4) is 0 Å². The summed E-state index contributed by atoms with van der Waals surface area (Å²) in [7, 11) is 0. The second kappa shape index (κ2) is 7.39. The molecule has 0 bridgehead atoms. The van der Waals surface area contributed by atoms with E-state index in [4.69, 9.17) is 10.00 Å². The fraction of sp³-hybridized carbons (Fsp3) is 0.400. The van der Waals surface area contributed by atoms with E-state index in [1.807, 2.05) is 6.07 Å². The van der Waals surface area contributed by atoms with Gasteiger partial charge in [0.05, 0.1) is 24.2 Å². The lowest BCUT2D eigenvalue weighted by molar-refractivity contribution is -0.130. The van der Waals surface area contributed by atoms with Gasteiger partial charge in [-0.3, -0.25) is 9.59 Å². The third-order valence-electron chi connectivity index (χ3n) is 2.94. The molecule has 0 fully saturated rings. The molecule has 0 aromatic heterocycles. The number of nitriles is 1. The molecule has 0 atom stereocenters. The van der Waals surface area contributed by atoms with Gasteiger partial charge in [-0.2, -0.15) is 5.26 Å². The van der Waals surface area contributed by atoms with Gasteiger partial charge in [0.1, 0.15) is 11.6 Å². The minimum Gasteiger partial charge on any atom is -0.490 e. The van der Waals surface area contributed by atoms with E-state index in [1.54, 1.807) is 0 Å². The fourth-order valence-electron chi connectivity index (χ4n) is 1.85. The summed E-state index contributed by atoms with van der Waals surface area (Å²) in [5.74, 6) is -1.50. The molecule has 0 spiro atoms. The number of ether oxygens (including phenoxy) is 1. The predicted molar refractivity (Wildman–Crippen MR) is 70.7 cm³/mol. The summed E-state index contributed by atoms with van der Waals surface area (Å²) in [6.07, 6.45) is 0.838. The van der Waals surface area contributed by atoms with Crippen molar-refractivity contribution in [1.29, 1.82) is 5.26 Å². The first-order chi connectivity index (χ1) is 9.45. The van der Waals surface area contributed by atoms with E-state index in [1.165, 1.54) is 32.0 Å². The first-order valence-electron chi connectivity index (χ1n) is 6.29. The van der Waals surface area contributed by atoms with Crippen molar-refractivity contribution in [3.05, 3.63) is 29.6 Å². The second-order valence-corrected chi connectivity index (χ2v) is 4.52. The highest BCUT2D eigenvalue weighted by molar-refractivity contribution is 6.00. The molecular formula is C15H16FNO3. The average Bonchev–Trinajstić information content (AvgIpc) is 2.39. The zero-order chi connectivity index (χ0) is 15.1. The molecule has 0 aliphatic carbocycles. The van der Waals surface area contributed by atoms with Gasteiger partial charge in [0.15, 0.2) is 11.6 Å². The van der Waals surface area contributed by atoms with E-state index in [9.17, 15) is 14.0 Å². The number of hydrogen-bond acceptors (Lipinski definition) is 4. The molecule has 1 aromatic rings. The van der Waals surface area contributed by atoms with Crippen LogP contribution in [0.15, 0.2) is 18.2 Å². The standard InChI is InChI=1S/C15H16FNO3/c1-10(18)13(11(2)19)4-3-7-20-15-8-12(9-17)5-6-14(15)16/h5-6,8,13H,3-4,7H2,1-2H3. The molecule has 0 aliphatic heterocycles. The molecule has 20 heavy (non-hydrogen) atoms. The molecule has 0 unspecified atom stereocenters. The van der Waals surface area contributed by atoms with E-state index in [0.29, 0.717) is 18.4 Å². The third-order valence-corrected chi connectivity index (χ3v) is 2.94. The Bertz CT molecular complexity index is 535. The van der Waals surface area contributed by atoms with E-state index in [-0.39, 0.29) is 23.9 Å². The van der Waals surface area contributed by atoms with Crippen molar-refractivity contribution < 1.29 is 18.7 Å². The van der Waals surface area contributed by atoms with Crippen molar-refractivity contribution in [3.63, 3.8) is 0 Å². The van der Waals surface area contributed by atoms with Crippen LogP contribution in [0.2, 0.25) is 0 Å². The number of Topliss-reactive ketones (excluding diaryl/α,β-unsaturated/α-hetero) is 2. The Kier molecular flexibility index (Phi) is 5.85. The number of nitrogens with zero attached hydrogens (tertiary/aromatic N) is 1. The Balaban J connectivity index is 2.51. The first kappa shape index (κ1) is 15.8. The van der Waals surface area contributed by atoms with Crippen molar-refractivity contribution in [1.82, 2.24) is 0 Å². The SMILES string of the molecule is CC(=O)C(CCCOc1cc(C#N)ccc1F)C(C)=O. The van der Waals surface area contributed by atoms with E-state index >= 15 is 0 Å². The summed E-state index contributed by atoms with van der Waals surface area (Å²) in [6, 6.07) is 5.75. The fourth-order valence-corrected chi connectivity index (χ4v) is 1.85. The van der Waals surface area contributed by atoms with Gasteiger partial charge in [-0.25, -0.2) is 4.39 Å². The van der Waals surface area contributed by atoms with Crippen LogP contribution in [0, 0.1) is 23.1 Å². The number of hydrogen-bond donors (Lipinski definition) is 0. The van der Waals surface area contributed by atoms with Gasteiger partial charge in [0.2, 0.25) is 0 Å². The maximum Gasteiger partial charge on any atom is 0.165 e. The Morgan fingerprint density at radius 1 is 1.35 bits per heavy atom. The van der Waals surface area contributed by atoms with Crippen molar-refractivity contribution in [2.45, 2.75) is 26.7 Å². The maximum absolute atomic E-state index is 13.4. The monoisotopic (exact) mass is 277 g/mol. The van der Waals surface area contributed by atoms with Crippen LogP contribution in [-0.2, 0) is 9.59 Å². The molecule has 0 N–H and O–H groups in total. The molecule has 4 nitrogen and oxygen atoms in total. The Hall–Kier alpha value is -2.22. The first-order valence-corrected chi connectivity index (χ1v) is 6.29. The Labute approximate surface area is 117 Å². The number of carbonyl (C=O) groups excluding carboxylic acids is 2. The zero-order valence-corrected chi connectivity index (χ0v) is 11.5. The summed E-state index contributed by atoms with van der Waals surface area (Å²) < 4.78 is 18.6. The molecule has 0 aliphatic rings. The molecular weight excluding hydrogens is 261 g/mol. The number of ketones is 2. The van der Waals surface area contributed by atoms with E-state index in [2.05, 4.69) is 0 Å². The van der Waals surface area contributed by atoms with Gasteiger partial charge in [-0.1, -0.05) is 0 Å². The summed E-state index contributed by atoms with van der Waals surface area (Å²) in [5, 5.41) is 8.72. The molecule has 1 rings (SSSR count). The highest BCUT2D eigenvalue weighted by atomic mass is 19.1. The highest BCUT2D eigenvalue weighted by Gasteiger charge is 2.18. The smallest absolute Gasteiger partial charge is 0.165 e. The van der Waals surface area contributed by atoms with Gasteiger partial charge in [-0.15, -0.1) is 0 Å². The van der Waals surface area contributed by atoms with Gasteiger partial charge in [0.25, 0.3) is 0 Å². The number of carbonyl (C=O) groups is 2. The minimum atomic E-state index is -0.617. The van der Waals surface area contributed by atoms with Gasteiger partial charge < -0.3 is 4.74 Å². The molecule has 0 radical (unpaired) electrons. The lowest BCUT2D eigenvalue weighted by Gasteiger charge is -2.11. The van der Waals surface area contributed by atoms with Crippen molar-refractivity contribution in [2.24, 2.45) is 5.92 Å². The largest absolute Gasteiger partial charge is 0.490 e. The Morgan fingerprint density at radius 3 is 2.55 bits per heavy atom. The topological polar surface area (TPSA) is 67.2 Å². The van der Waals surface area contributed by atoms with Crippen LogP contribution in [0.25, 0.3) is 0 Å². The lowest BCUT2D eigenvalue weighted by atomic mass is 9.95. The van der Waals surface area contributed by atoms with Gasteiger partial charge in [0, 0.05) is 6.07 Å². The molecule has 1 aromatic carbocycles. The number of rotatable bonds is 7. The zero-order valence-electron chi connectivity index (χ0n) is 11.5. The summed E-state index contributed by atoms with van der Waals surface area (Å²) >= 11 is 0. The van der Waals surface area contributed by atoms with Crippen LogP contribution in [-0.4, -0.2) is 18.2 Å². The van der Waals surface area contributed by atoms with E-state index in [0.717, 1.165) is 0 Å². The quantitative estimate of drug-likeness (QED) is 0.567. The van der Waals surface area contributed by atoms with E-state index < -0.39 is 11.7 Å². The summed E-state index contributed by atoms with van der Waals surface area (Å²) in [6.45, 7) is 2.94. The van der Waals surface area contributed by atoms with Crippen molar-refractivity contribution in [3.8, 4) is 11.8 Å². The van der Waals surface area contributed by atoms with Crippen LogP contribution in [0.4, 0.5) is 4.39 Å². The second-order valence-electron chi connectivity index (χ2n) is 4.52. The third kappa shape index (κ3) is 4.47. The minimum absolute atomic E-state index is 0.00579. The van der Waals surface area contributed by atoms with Crippen LogP contribution < -0.4 is 4.74 Å². The molecule has 0 saturated carbocycles. The van der Waals surface area contributed by atoms with Crippen molar-refractivity contribution >= 4 is 11.6 Å².